The Kier molecular flexibility index (Phi) is 5.45. The van der Waals surface area contributed by atoms with Crippen LogP contribution in [0.25, 0.3) is 0 Å². The molecule has 1 N–H and O–H groups in total. The fourth-order valence-electron chi connectivity index (χ4n) is 1.88. The smallest absolute Gasteiger partial charge is 0.224 e. The van der Waals surface area contributed by atoms with Crippen molar-refractivity contribution in [3.63, 3.8) is 0 Å². The number of hydrogen-bond donors (Lipinski definition) is 1. The summed E-state index contributed by atoms with van der Waals surface area (Å²) in [5.74, 6) is -0.0613. The Hall–Kier alpha value is -1.51. The second-order valence-corrected chi connectivity index (χ2v) is 5.45. The first-order valence-electron chi connectivity index (χ1n) is 6.35. The molecule has 2 rings (SSSR count). The lowest BCUT2D eigenvalue weighted by atomic mass is 10.1. The highest BCUT2D eigenvalue weighted by Gasteiger charge is 2.09. The summed E-state index contributed by atoms with van der Waals surface area (Å²) in [6.45, 7) is 0.408. The maximum Gasteiger partial charge on any atom is 0.224 e. The second-order valence-electron chi connectivity index (χ2n) is 4.49. The summed E-state index contributed by atoms with van der Waals surface area (Å²) in [7, 11) is 0. The minimum absolute atomic E-state index is 0.0613. The molecular weight excluding hydrogens is 293 g/mol. The third-order valence-electron chi connectivity index (χ3n) is 2.89. The van der Waals surface area contributed by atoms with Crippen LogP contribution in [-0.2, 0) is 11.2 Å². The molecule has 0 bridgehead atoms. The fraction of sp³-hybridized carbons (Fsp3) is 0.188. The Morgan fingerprint density at radius 3 is 2.55 bits per heavy atom. The Labute approximate surface area is 128 Å². The number of halogens is 2. The normalized spacial score (nSPS) is 11.9. The van der Waals surface area contributed by atoms with Crippen molar-refractivity contribution in [3.8, 4) is 0 Å². The van der Waals surface area contributed by atoms with Crippen LogP contribution in [0.3, 0.4) is 0 Å². The summed E-state index contributed by atoms with van der Waals surface area (Å²) < 4.78 is 0. The SMILES string of the molecule is O=C(Cc1cccc(Cl)c1)NCC(Cl)c1ccccc1. The van der Waals surface area contributed by atoms with Gasteiger partial charge in [0.25, 0.3) is 0 Å². The molecule has 0 saturated carbocycles. The number of carbonyl (C=O) groups excluding carboxylic acids is 1. The molecule has 0 heterocycles. The van der Waals surface area contributed by atoms with Gasteiger partial charge in [-0.15, -0.1) is 11.6 Å². The molecule has 0 fully saturated rings. The number of amides is 1. The van der Waals surface area contributed by atoms with E-state index in [1.165, 1.54) is 0 Å². The van der Waals surface area contributed by atoms with Gasteiger partial charge in [0, 0.05) is 11.6 Å². The van der Waals surface area contributed by atoms with Gasteiger partial charge in [0.2, 0.25) is 5.91 Å². The van der Waals surface area contributed by atoms with E-state index in [4.69, 9.17) is 23.2 Å². The molecule has 1 atom stereocenters. The van der Waals surface area contributed by atoms with E-state index in [2.05, 4.69) is 5.32 Å². The predicted molar refractivity (Wildman–Crippen MR) is 83.2 cm³/mol. The highest BCUT2D eigenvalue weighted by atomic mass is 35.5. The minimum atomic E-state index is -0.223. The van der Waals surface area contributed by atoms with E-state index in [-0.39, 0.29) is 11.3 Å². The van der Waals surface area contributed by atoms with Crippen LogP contribution in [0, 0.1) is 0 Å². The molecule has 0 aliphatic carbocycles. The van der Waals surface area contributed by atoms with Gasteiger partial charge in [0.1, 0.15) is 0 Å². The highest BCUT2D eigenvalue weighted by molar-refractivity contribution is 6.30. The maximum absolute atomic E-state index is 11.8. The number of alkyl halides is 1. The average molecular weight is 308 g/mol. The number of carbonyl (C=O) groups is 1. The van der Waals surface area contributed by atoms with Gasteiger partial charge in [-0.25, -0.2) is 0 Å². The lowest BCUT2D eigenvalue weighted by Crippen LogP contribution is -2.28. The van der Waals surface area contributed by atoms with Gasteiger partial charge in [0.05, 0.1) is 11.8 Å². The summed E-state index contributed by atoms with van der Waals surface area (Å²) >= 11 is 12.1. The van der Waals surface area contributed by atoms with Crippen LogP contribution in [-0.4, -0.2) is 12.5 Å². The van der Waals surface area contributed by atoms with Crippen molar-refractivity contribution < 1.29 is 4.79 Å². The van der Waals surface area contributed by atoms with E-state index >= 15 is 0 Å². The Balaban J connectivity index is 1.83. The standard InChI is InChI=1S/C16H15Cl2NO/c17-14-8-4-5-12(9-14)10-16(20)19-11-15(18)13-6-2-1-3-7-13/h1-9,15H,10-11H2,(H,19,20). The number of benzene rings is 2. The summed E-state index contributed by atoms with van der Waals surface area (Å²) in [5, 5.41) is 3.25. The lowest BCUT2D eigenvalue weighted by molar-refractivity contribution is -0.120. The van der Waals surface area contributed by atoms with Gasteiger partial charge in [-0.2, -0.15) is 0 Å². The zero-order chi connectivity index (χ0) is 14.4. The van der Waals surface area contributed by atoms with Gasteiger partial charge < -0.3 is 5.32 Å². The van der Waals surface area contributed by atoms with Crippen LogP contribution >= 0.6 is 23.2 Å². The molecule has 0 aromatic heterocycles. The number of rotatable bonds is 5. The van der Waals surface area contributed by atoms with Gasteiger partial charge in [0.15, 0.2) is 0 Å². The monoisotopic (exact) mass is 307 g/mol. The molecular formula is C16H15Cl2NO. The zero-order valence-electron chi connectivity index (χ0n) is 10.9. The van der Waals surface area contributed by atoms with Crippen molar-refractivity contribution in [2.45, 2.75) is 11.8 Å². The van der Waals surface area contributed by atoms with Crippen molar-refractivity contribution >= 4 is 29.1 Å². The molecule has 0 saturated heterocycles. The van der Waals surface area contributed by atoms with E-state index in [1.807, 2.05) is 42.5 Å². The second kappa shape index (κ2) is 7.32. The molecule has 1 unspecified atom stereocenters. The summed E-state index contributed by atoms with van der Waals surface area (Å²) in [4.78, 5) is 11.8. The lowest BCUT2D eigenvalue weighted by Gasteiger charge is -2.11. The van der Waals surface area contributed by atoms with Crippen molar-refractivity contribution in [2.24, 2.45) is 0 Å². The van der Waals surface area contributed by atoms with E-state index in [0.29, 0.717) is 18.0 Å². The fourth-order valence-corrected chi connectivity index (χ4v) is 2.31. The third-order valence-corrected chi connectivity index (χ3v) is 3.53. The van der Waals surface area contributed by atoms with Crippen molar-refractivity contribution in [3.05, 3.63) is 70.7 Å². The molecule has 2 aromatic rings. The van der Waals surface area contributed by atoms with Crippen molar-refractivity contribution in [2.75, 3.05) is 6.54 Å². The van der Waals surface area contributed by atoms with Gasteiger partial charge >= 0.3 is 0 Å². The van der Waals surface area contributed by atoms with Crippen LogP contribution in [0.15, 0.2) is 54.6 Å². The molecule has 0 radical (unpaired) electrons. The van der Waals surface area contributed by atoms with E-state index < -0.39 is 0 Å². The molecule has 1 amide bonds. The summed E-state index contributed by atoms with van der Waals surface area (Å²) in [6.07, 6.45) is 0.305. The maximum atomic E-state index is 11.8. The van der Waals surface area contributed by atoms with Crippen LogP contribution in [0.5, 0.6) is 0 Å². The average Bonchev–Trinajstić information content (AvgIpc) is 2.46. The Morgan fingerprint density at radius 1 is 1.10 bits per heavy atom. The number of hydrogen-bond acceptors (Lipinski definition) is 1. The molecule has 2 nitrogen and oxygen atoms in total. The quantitative estimate of drug-likeness (QED) is 0.832. The topological polar surface area (TPSA) is 29.1 Å². The van der Waals surface area contributed by atoms with Crippen LogP contribution in [0.2, 0.25) is 5.02 Å². The minimum Gasteiger partial charge on any atom is -0.354 e. The Bertz CT molecular complexity index is 572. The van der Waals surface area contributed by atoms with Gasteiger partial charge in [-0.05, 0) is 23.3 Å². The summed E-state index contributed by atoms with van der Waals surface area (Å²) in [6, 6.07) is 17.0. The summed E-state index contributed by atoms with van der Waals surface area (Å²) in [5.41, 5.74) is 1.89. The molecule has 0 aliphatic heterocycles. The highest BCUT2D eigenvalue weighted by Crippen LogP contribution is 2.18. The predicted octanol–water partition coefficient (Wildman–Crippen LogP) is 3.98. The van der Waals surface area contributed by atoms with Crippen LogP contribution in [0.1, 0.15) is 16.5 Å². The molecule has 0 spiro atoms. The van der Waals surface area contributed by atoms with Gasteiger partial charge in [-0.1, -0.05) is 54.1 Å². The van der Waals surface area contributed by atoms with E-state index in [9.17, 15) is 4.79 Å². The van der Waals surface area contributed by atoms with Crippen molar-refractivity contribution in [1.29, 1.82) is 0 Å². The number of nitrogens with one attached hydrogen (secondary N) is 1. The van der Waals surface area contributed by atoms with Crippen LogP contribution in [0.4, 0.5) is 0 Å². The van der Waals surface area contributed by atoms with Gasteiger partial charge in [-0.3, -0.25) is 4.79 Å². The van der Waals surface area contributed by atoms with E-state index in [0.717, 1.165) is 11.1 Å². The molecule has 0 aliphatic rings. The first-order chi connectivity index (χ1) is 9.65. The van der Waals surface area contributed by atoms with E-state index in [1.54, 1.807) is 12.1 Å². The third kappa shape index (κ3) is 4.55. The molecule has 2 aromatic carbocycles. The molecule has 20 heavy (non-hydrogen) atoms. The molecule has 4 heteroatoms. The largest absolute Gasteiger partial charge is 0.354 e. The van der Waals surface area contributed by atoms with Crippen LogP contribution < -0.4 is 5.32 Å². The first kappa shape index (κ1) is 14.9. The van der Waals surface area contributed by atoms with Crippen molar-refractivity contribution in [1.82, 2.24) is 5.32 Å². The first-order valence-corrected chi connectivity index (χ1v) is 7.17. The Morgan fingerprint density at radius 2 is 1.85 bits per heavy atom. The molecule has 104 valence electrons. The zero-order valence-corrected chi connectivity index (χ0v) is 12.4.